The van der Waals surface area contributed by atoms with Gasteiger partial charge in [0, 0.05) is 10.9 Å². The Kier molecular flexibility index (Phi) is 5.53. The quantitative estimate of drug-likeness (QED) is 0.819. The number of hydrogen-bond donors (Lipinski definition) is 1. The summed E-state index contributed by atoms with van der Waals surface area (Å²) in [5.74, 6) is -0.197. The number of benzene rings is 1. The first-order chi connectivity index (χ1) is 10.1. The largest absolute Gasteiger partial charge is 0.469 e. The van der Waals surface area contributed by atoms with Crippen LogP contribution in [0.4, 0.5) is 0 Å². The summed E-state index contributed by atoms with van der Waals surface area (Å²) < 4.78 is 4.81. The van der Waals surface area contributed by atoms with Gasteiger partial charge >= 0.3 is 5.97 Å². The van der Waals surface area contributed by atoms with Crippen molar-refractivity contribution >= 4 is 17.3 Å². The van der Waals surface area contributed by atoms with Crippen LogP contribution in [0.3, 0.4) is 0 Å². The number of methoxy groups -OCH3 is 1. The van der Waals surface area contributed by atoms with E-state index in [0.717, 1.165) is 4.88 Å². The molecule has 1 aromatic carbocycles. The van der Waals surface area contributed by atoms with Crippen molar-refractivity contribution in [3.05, 3.63) is 57.8 Å². The molecule has 0 saturated carbocycles. The van der Waals surface area contributed by atoms with Gasteiger partial charge in [0.1, 0.15) is 0 Å². The minimum absolute atomic E-state index is 0.0204. The van der Waals surface area contributed by atoms with Crippen LogP contribution in [0.1, 0.15) is 41.4 Å². The van der Waals surface area contributed by atoms with Crippen LogP contribution in [0, 0.1) is 6.92 Å². The summed E-state index contributed by atoms with van der Waals surface area (Å²) in [4.78, 5) is 12.8. The van der Waals surface area contributed by atoms with Gasteiger partial charge in [-0.2, -0.15) is 0 Å². The summed E-state index contributed by atoms with van der Waals surface area (Å²) in [5, 5.41) is 5.56. The van der Waals surface area contributed by atoms with E-state index in [9.17, 15) is 4.79 Å². The van der Waals surface area contributed by atoms with Crippen LogP contribution in [-0.2, 0) is 9.53 Å². The van der Waals surface area contributed by atoms with Crippen molar-refractivity contribution in [2.75, 3.05) is 7.11 Å². The van der Waals surface area contributed by atoms with E-state index in [0.29, 0.717) is 6.42 Å². The molecular formula is C17H21NO2S. The smallest absolute Gasteiger partial charge is 0.307 e. The predicted octanol–water partition coefficient (Wildman–Crippen LogP) is 4.01. The molecule has 2 unspecified atom stereocenters. The van der Waals surface area contributed by atoms with Gasteiger partial charge in [0.2, 0.25) is 0 Å². The Morgan fingerprint density at radius 3 is 2.76 bits per heavy atom. The van der Waals surface area contributed by atoms with E-state index in [1.54, 1.807) is 11.3 Å². The zero-order valence-corrected chi connectivity index (χ0v) is 13.4. The second kappa shape index (κ2) is 7.38. The first-order valence-electron chi connectivity index (χ1n) is 7.03. The first kappa shape index (κ1) is 15.7. The minimum Gasteiger partial charge on any atom is -0.469 e. The summed E-state index contributed by atoms with van der Waals surface area (Å²) >= 11 is 1.65. The predicted molar refractivity (Wildman–Crippen MR) is 86.4 cm³/mol. The molecular weight excluding hydrogens is 282 g/mol. The average molecular weight is 303 g/mol. The van der Waals surface area contributed by atoms with Crippen LogP contribution in [-0.4, -0.2) is 13.1 Å². The van der Waals surface area contributed by atoms with E-state index in [1.807, 2.05) is 17.5 Å². The fourth-order valence-corrected chi connectivity index (χ4v) is 3.11. The lowest BCUT2D eigenvalue weighted by Crippen LogP contribution is -2.26. The first-order valence-corrected chi connectivity index (χ1v) is 7.91. The van der Waals surface area contributed by atoms with Crippen molar-refractivity contribution in [3.8, 4) is 0 Å². The number of nitrogens with one attached hydrogen (secondary N) is 1. The zero-order chi connectivity index (χ0) is 15.2. The van der Waals surface area contributed by atoms with E-state index in [2.05, 4.69) is 43.4 Å². The lowest BCUT2D eigenvalue weighted by atomic mass is 10.0. The topological polar surface area (TPSA) is 38.3 Å². The van der Waals surface area contributed by atoms with Crippen LogP contribution in [0.25, 0.3) is 0 Å². The molecule has 0 aliphatic carbocycles. The van der Waals surface area contributed by atoms with E-state index in [1.165, 1.54) is 18.2 Å². The maximum Gasteiger partial charge on any atom is 0.307 e. The number of carbonyl (C=O) groups is 1. The van der Waals surface area contributed by atoms with Gasteiger partial charge in [0.05, 0.1) is 19.6 Å². The van der Waals surface area contributed by atoms with Gasteiger partial charge in [-0.05, 0) is 30.9 Å². The molecule has 0 radical (unpaired) electrons. The molecule has 4 heteroatoms. The fraction of sp³-hybridized carbons (Fsp3) is 0.353. The Bertz CT molecular complexity index is 580. The van der Waals surface area contributed by atoms with E-state index >= 15 is 0 Å². The molecule has 0 bridgehead atoms. The molecule has 21 heavy (non-hydrogen) atoms. The second-order valence-electron chi connectivity index (χ2n) is 5.15. The monoisotopic (exact) mass is 303 g/mol. The van der Waals surface area contributed by atoms with Crippen LogP contribution in [0.15, 0.2) is 41.8 Å². The molecule has 0 aliphatic heterocycles. The van der Waals surface area contributed by atoms with Crippen molar-refractivity contribution in [1.29, 1.82) is 0 Å². The Hall–Kier alpha value is -1.65. The molecule has 1 N–H and O–H groups in total. The molecule has 3 nitrogen and oxygen atoms in total. The third-order valence-electron chi connectivity index (χ3n) is 3.48. The zero-order valence-electron chi connectivity index (χ0n) is 12.6. The van der Waals surface area contributed by atoms with Gasteiger partial charge in [-0.3, -0.25) is 4.79 Å². The van der Waals surface area contributed by atoms with Gasteiger partial charge < -0.3 is 10.1 Å². The Morgan fingerprint density at radius 2 is 2.14 bits per heavy atom. The maximum atomic E-state index is 11.6. The molecule has 2 aromatic rings. The standard InChI is InChI=1S/C17H21NO2S/c1-12-6-4-7-14(10-12)13(2)18-15(11-17(19)20-3)16-8-5-9-21-16/h4-10,13,15,18H,11H2,1-3H3. The SMILES string of the molecule is COC(=O)CC(NC(C)c1cccc(C)c1)c1cccs1. The second-order valence-corrected chi connectivity index (χ2v) is 6.13. The summed E-state index contributed by atoms with van der Waals surface area (Å²) in [6, 6.07) is 12.6. The molecule has 0 amide bonds. The summed E-state index contributed by atoms with van der Waals surface area (Å²) in [7, 11) is 1.43. The number of hydrogen-bond acceptors (Lipinski definition) is 4. The summed E-state index contributed by atoms with van der Waals surface area (Å²) in [6.45, 7) is 4.20. The van der Waals surface area contributed by atoms with Crippen LogP contribution < -0.4 is 5.32 Å². The molecule has 0 spiro atoms. The third-order valence-corrected chi connectivity index (χ3v) is 4.46. The van der Waals surface area contributed by atoms with Crippen LogP contribution in [0.2, 0.25) is 0 Å². The minimum atomic E-state index is -0.197. The van der Waals surface area contributed by atoms with Gasteiger partial charge in [0.25, 0.3) is 0 Å². The highest BCUT2D eigenvalue weighted by molar-refractivity contribution is 7.10. The Labute approximate surface area is 130 Å². The van der Waals surface area contributed by atoms with Gasteiger partial charge in [0.15, 0.2) is 0 Å². The number of thiophene rings is 1. The van der Waals surface area contributed by atoms with E-state index < -0.39 is 0 Å². The molecule has 1 aromatic heterocycles. The maximum absolute atomic E-state index is 11.6. The lowest BCUT2D eigenvalue weighted by Gasteiger charge is -2.22. The van der Waals surface area contributed by atoms with Gasteiger partial charge in [-0.15, -0.1) is 11.3 Å². The van der Waals surface area contributed by atoms with Crippen molar-refractivity contribution in [1.82, 2.24) is 5.32 Å². The van der Waals surface area contributed by atoms with Crippen molar-refractivity contribution < 1.29 is 9.53 Å². The Morgan fingerprint density at radius 1 is 1.33 bits per heavy atom. The van der Waals surface area contributed by atoms with Gasteiger partial charge in [-0.25, -0.2) is 0 Å². The van der Waals surface area contributed by atoms with Crippen LogP contribution >= 0.6 is 11.3 Å². The number of aryl methyl sites for hydroxylation is 1. The highest BCUT2D eigenvalue weighted by Gasteiger charge is 2.20. The highest BCUT2D eigenvalue weighted by atomic mass is 32.1. The highest BCUT2D eigenvalue weighted by Crippen LogP contribution is 2.26. The fourth-order valence-electron chi connectivity index (χ4n) is 2.32. The number of carbonyl (C=O) groups excluding carboxylic acids is 1. The van der Waals surface area contributed by atoms with Crippen molar-refractivity contribution in [2.24, 2.45) is 0 Å². The summed E-state index contributed by atoms with van der Waals surface area (Å²) in [5.41, 5.74) is 2.46. The Balaban J connectivity index is 2.12. The van der Waals surface area contributed by atoms with E-state index in [-0.39, 0.29) is 18.1 Å². The lowest BCUT2D eigenvalue weighted by molar-refractivity contribution is -0.141. The normalized spacial score (nSPS) is 13.7. The number of esters is 1. The van der Waals surface area contributed by atoms with Crippen molar-refractivity contribution in [2.45, 2.75) is 32.4 Å². The van der Waals surface area contributed by atoms with E-state index in [4.69, 9.17) is 4.74 Å². The van der Waals surface area contributed by atoms with Crippen LogP contribution in [0.5, 0.6) is 0 Å². The molecule has 2 rings (SSSR count). The molecule has 0 saturated heterocycles. The number of rotatable bonds is 6. The van der Waals surface area contributed by atoms with Gasteiger partial charge in [-0.1, -0.05) is 35.9 Å². The average Bonchev–Trinajstić information content (AvgIpc) is 3.00. The molecule has 112 valence electrons. The number of ether oxygens (including phenoxy) is 1. The molecule has 0 aliphatic rings. The third kappa shape index (κ3) is 4.41. The molecule has 0 fully saturated rings. The molecule has 2 atom stereocenters. The van der Waals surface area contributed by atoms with Crippen molar-refractivity contribution in [3.63, 3.8) is 0 Å². The molecule has 1 heterocycles. The summed E-state index contributed by atoms with van der Waals surface area (Å²) in [6.07, 6.45) is 0.340.